The second-order valence-electron chi connectivity index (χ2n) is 6.03. The number of hydrogen-bond acceptors (Lipinski definition) is 2. The van der Waals surface area contributed by atoms with Gasteiger partial charge >= 0.3 is 0 Å². The van der Waals surface area contributed by atoms with E-state index in [2.05, 4.69) is 6.92 Å². The lowest BCUT2D eigenvalue weighted by Gasteiger charge is -2.03. The van der Waals surface area contributed by atoms with E-state index in [0.717, 1.165) is 12.8 Å². The van der Waals surface area contributed by atoms with Crippen LogP contribution in [-0.4, -0.2) is 11.2 Å². The Morgan fingerprint density at radius 2 is 1.05 bits per heavy atom. The van der Waals surface area contributed by atoms with Crippen molar-refractivity contribution in [3.05, 3.63) is 0 Å². The highest BCUT2D eigenvalue weighted by Gasteiger charge is 2.00. The molecular weight excluding hydrogens is 246 g/mol. The van der Waals surface area contributed by atoms with E-state index >= 15 is 0 Å². The van der Waals surface area contributed by atoms with Gasteiger partial charge in [0.25, 0.3) is 0 Å². The van der Waals surface area contributed by atoms with E-state index in [1.165, 1.54) is 77.0 Å². The first-order valence-corrected chi connectivity index (χ1v) is 8.89. The van der Waals surface area contributed by atoms with E-state index in [9.17, 15) is 0 Å². The molecule has 0 aromatic heterocycles. The number of nitrogens with zero attached hydrogens (tertiary/aromatic N) is 1. The van der Waals surface area contributed by atoms with Crippen molar-refractivity contribution in [1.29, 1.82) is 5.26 Å². The fourth-order valence-electron chi connectivity index (χ4n) is 2.60. The van der Waals surface area contributed by atoms with Crippen LogP contribution in [0.5, 0.6) is 0 Å². The molecule has 1 unspecified atom stereocenters. The first kappa shape index (κ1) is 19.4. The van der Waals surface area contributed by atoms with Crippen molar-refractivity contribution in [2.75, 3.05) is 0 Å². The Kier molecular flexibility index (Phi) is 16.1. The predicted molar refractivity (Wildman–Crippen MR) is 86.5 cm³/mol. The fourth-order valence-corrected chi connectivity index (χ4v) is 2.60. The lowest BCUT2D eigenvalue weighted by atomic mass is 10.0. The summed E-state index contributed by atoms with van der Waals surface area (Å²) in [7, 11) is 0. The van der Waals surface area contributed by atoms with Crippen molar-refractivity contribution < 1.29 is 5.11 Å². The molecule has 0 fully saturated rings. The van der Waals surface area contributed by atoms with Gasteiger partial charge in [0.1, 0.15) is 6.10 Å². The summed E-state index contributed by atoms with van der Waals surface area (Å²) in [6.45, 7) is 2.27. The number of unbranched alkanes of at least 4 members (excludes halogenated alkanes) is 13. The molecule has 0 heterocycles. The predicted octanol–water partition coefficient (Wildman–Crippen LogP) is 5.74. The molecule has 118 valence electrons. The molecule has 0 aliphatic carbocycles. The molecule has 0 aliphatic rings. The van der Waals surface area contributed by atoms with Gasteiger partial charge in [0, 0.05) is 0 Å². The number of aliphatic hydroxyl groups excluding tert-OH is 1. The Labute approximate surface area is 126 Å². The van der Waals surface area contributed by atoms with Gasteiger partial charge < -0.3 is 5.11 Å². The van der Waals surface area contributed by atoms with Crippen molar-refractivity contribution in [3.63, 3.8) is 0 Å². The van der Waals surface area contributed by atoms with Crippen LogP contribution >= 0.6 is 0 Å². The molecule has 0 saturated heterocycles. The molecule has 20 heavy (non-hydrogen) atoms. The number of aliphatic hydroxyl groups is 1. The Morgan fingerprint density at radius 3 is 1.40 bits per heavy atom. The molecular formula is C18H35NO. The molecule has 1 N–H and O–H groups in total. The summed E-state index contributed by atoms with van der Waals surface area (Å²) in [6, 6.07) is 1.87. The first-order valence-electron chi connectivity index (χ1n) is 8.89. The smallest absolute Gasteiger partial charge is 0.140 e. The standard InChI is InChI=1S/C18H35NO/c1-2-3-4-5-6-7-8-9-10-11-12-13-14-15-16-18(20)17-19/h18,20H,2-16H2,1H3. The average molecular weight is 281 g/mol. The normalized spacial score (nSPS) is 12.2. The van der Waals surface area contributed by atoms with Crippen LogP contribution in [0.15, 0.2) is 0 Å². The van der Waals surface area contributed by atoms with Gasteiger partial charge in [-0.05, 0) is 12.8 Å². The summed E-state index contributed by atoms with van der Waals surface area (Å²) in [5.41, 5.74) is 0. The maximum atomic E-state index is 9.09. The molecule has 2 nitrogen and oxygen atoms in total. The van der Waals surface area contributed by atoms with Gasteiger partial charge in [0.15, 0.2) is 0 Å². The van der Waals surface area contributed by atoms with E-state index in [1.807, 2.05) is 6.07 Å². The van der Waals surface area contributed by atoms with Crippen molar-refractivity contribution in [1.82, 2.24) is 0 Å². The molecule has 0 aliphatic heterocycles. The SMILES string of the molecule is CCCCCCCCCCCCCCCCC(O)C#N. The van der Waals surface area contributed by atoms with Gasteiger partial charge in [0.2, 0.25) is 0 Å². The Morgan fingerprint density at radius 1 is 0.700 bits per heavy atom. The van der Waals surface area contributed by atoms with E-state index < -0.39 is 6.10 Å². The molecule has 0 aromatic rings. The van der Waals surface area contributed by atoms with E-state index in [1.54, 1.807) is 0 Å². The maximum Gasteiger partial charge on any atom is 0.140 e. The third kappa shape index (κ3) is 15.5. The minimum atomic E-state index is -0.743. The Bertz CT molecular complexity index is 222. The van der Waals surface area contributed by atoms with Crippen LogP contribution < -0.4 is 0 Å². The van der Waals surface area contributed by atoms with Crippen molar-refractivity contribution in [2.24, 2.45) is 0 Å². The van der Waals surface area contributed by atoms with Crippen LogP contribution in [0.4, 0.5) is 0 Å². The molecule has 0 saturated carbocycles. The highest BCUT2D eigenvalue weighted by Crippen LogP contribution is 2.13. The summed E-state index contributed by atoms with van der Waals surface area (Å²) < 4.78 is 0. The number of hydrogen-bond donors (Lipinski definition) is 1. The van der Waals surface area contributed by atoms with E-state index in [4.69, 9.17) is 10.4 Å². The van der Waals surface area contributed by atoms with Crippen LogP contribution in [0.2, 0.25) is 0 Å². The van der Waals surface area contributed by atoms with Gasteiger partial charge in [-0.15, -0.1) is 0 Å². The molecule has 0 spiro atoms. The summed E-state index contributed by atoms with van der Waals surface area (Å²) in [6.07, 6.45) is 18.7. The lowest BCUT2D eigenvalue weighted by molar-refractivity contribution is 0.215. The van der Waals surface area contributed by atoms with Crippen molar-refractivity contribution in [3.8, 4) is 6.07 Å². The van der Waals surface area contributed by atoms with Crippen LogP contribution in [-0.2, 0) is 0 Å². The average Bonchev–Trinajstić information content (AvgIpc) is 2.47. The highest BCUT2D eigenvalue weighted by atomic mass is 16.3. The third-order valence-electron chi connectivity index (χ3n) is 3.98. The lowest BCUT2D eigenvalue weighted by Crippen LogP contribution is -2.01. The van der Waals surface area contributed by atoms with Gasteiger partial charge in [-0.3, -0.25) is 0 Å². The van der Waals surface area contributed by atoms with Gasteiger partial charge in [-0.1, -0.05) is 90.4 Å². The second-order valence-corrected chi connectivity index (χ2v) is 6.03. The Balaban J connectivity index is 2.98. The maximum absolute atomic E-state index is 9.09. The third-order valence-corrected chi connectivity index (χ3v) is 3.98. The van der Waals surface area contributed by atoms with E-state index in [0.29, 0.717) is 6.42 Å². The summed E-state index contributed by atoms with van der Waals surface area (Å²) in [5.74, 6) is 0. The molecule has 1 atom stereocenters. The zero-order valence-electron chi connectivity index (χ0n) is 13.6. The number of rotatable bonds is 15. The van der Waals surface area contributed by atoms with Crippen molar-refractivity contribution >= 4 is 0 Å². The molecule has 2 heteroatoms. The molecule has 0 bridgehead atoms. The quantitative estimate of drug-likeness (QED) is 0.307. The summed E-state index contributed by atoms with van der Waals surface area (Å²) in [5, 5.41) is 17.5. The van der Waals surface area contributed by atoms with Crippen molar-refractivity contribution in [2.45, 2.75) is 109 Å². The monoisotopic (exact) mass is 281 g/mol. The zero-order chi connectivity index (χ0) is 14.9. The zero-order valence-corrected chi connectivity index (χ0v) is 13.6. The van der Waals surface area contributed by atoms with Gasteiger partial charge in [-0.25, -0.2) is 0 Å². The molecule has 0 amide bonds. The highest BCUT2D eigenvalue weighted by molar-refractivity contribution is 4.81. The second kappa shape index (κ2) is 16.5. The molecule has 0 rings (SSSR count). The van der Waals surface area contributed by atoms with Crippen LogP contribution in [0.1, 0.15) is 103 Å². The Hall–Kier alpha value is -0.550. The minimum absolute atomic E-state index is 0.647. The topological polar surface area (TPSA) is 44.0 Å². The van der Waals surface area contributed by atoms with Crippen LogP contribution in [0, 0.1) is 11.3 Å². The molecule has 0 radical (unpaired) electrons. The van der Waals surface area contributed by atoms with Crippen LogP contribution in [0.3, 0.4) is 0 Å². The summed E-state index contributed by atoms with van der Waals surface area (Å²) >= 11 is 0. The number of nitriles is 1. The first-order chi connectivity index (χ1) is 9.81. The van der Waals surface area contributed by atoms with Gasteiger partial charge in [-0.2, -0.15) is 5.26 Å². The summed E-state index contributed by atoms with van der Waals surface area (Å²) in [4.78, 5) is 0. The minimum Gasteiger partial charge on any atom is -0.378 e. The van der Waals surface area contributed by atoms with Gasteiger partial charge in [0.05, 0.1) is 6.07 Å². The van der Waals surface area contributed by atoms with E-state index in [-0.39, 0.29) is 0 Å². The fraction of sp³-hybridized carbons (Fsp3) is 0.944. The molecule has 0 aromatic carbocycles. The largest absolute Gasteiger partial charge is 0.378 e. The van der Waals surface area contributed by atoms with Crippen LogP contribution in [0.25, 0.3) is 0 Å².